The molecule has 2 heterocycles. The summed E-state index contributed by atoms with van der Waals surface area (Å²) < 4.78 is 5.72. The molecule has 0 radical (unpaired) electrons. The number of hydrogen-bond acceptors (Lipinski definition) is 5. The second-order valence-electron chi connectivity index (χ2n) is 6.84. The first-order valence-corrected chi connectivity index (χ1v) is 8.96. The van der Waals surface area contributed by atoms with Gasteiger partial charge in [-0.05, 0) is 45.0 Å². The Kier molecular flexibility index (Phi) is 5.71. The molecule has 1 fully saturated rings. The fraction of sp³-hybridized carbons (Fsp3) is 0.350. The van der Waals surface area contributed by atoms with Crippen LogP contribution in [-0.2, 0) is 4.74 Å². The number of rotatable bonds is 3. The third-order valence-electron chi connectivity index (χ3n) is 4.36. The summed E-state index contributed by atoms with van der Waals surface area (Å²) in [6.07, 6.45) is 1.78. The molecule has 7 nitrogen and oxygen atoms in total. The normalized spacial score (nSPS) is 19.4. The molecule has 1 aromatic carbocycles. The quantitative estimate of drug-likeness (QED) is 0.811. The van der Waals surface area contributed by atoms with Gasteiger partial charge < -0.3 is 9.64 Å². The Balaban J connectivity index is 1.57. The molecule has 27 heavy (non-hydrogen) atoms. The monoisotopic (exact) mass is 368 g/mol. The van der Waals surface area contributed by atoms with E-state index in [2.05, 4.69) is 20.7 Å². The molecule has 1 aromatic heterocycles. The maximum Gasteiger partial charge on any atom is 0.271 e. The zero-order chi connectivity index (χ0) is 19.4. The summed E-state index contributed by atoms with van der Waals surface area (Å²) in [4.78, 5) is 30.8. The van der Waals surface area contributed by atoms with Crippen LogP contribution < -0.4 is 15.8 Å². The highest BCUT2D eigenvalue weighted by molar-refractivity contribution is 5.99. The van der Waals surface area contributed by atoms with E-state index in [1.54, 1.807) is 18.2 Å². The molecular formula is C20H24N4O3. The molecule has 1 aliphatic heterocycles. The molecule has 3 rings (SSSR count). The van der Waals surface area contributed by atoms with Crippen molar-refractivity contribution in [2.45, 2.75) is 33.0 Å². The molecule has 0 saturated carbocycles. The van der Waals surface area contributed by atoms with E-state index < -0.39 is 5.91 Å². The number of carbonyl (C=O) groups is 2. The second-order valence-corrected chi connectivity index (χ2v) is 6.84. The fourth-order valence-corrected chi connectivity index (χ4v) is 3.04. The number of nitrogens with one attached hydrogen (secondary N) is 2. The summed E-state index contributed by atoms with van der Waals surface area (Å²) in [5, 5.41) is 0. The van der Waals surface area contributed by atoms with Crippen LogP contribution in [0.3, 0.4) is 0 Å². The van der Waals surface area contributed by atoms with Crippen LogP contribution in [0.25, 0.3) is 0 Å². The predicted octanol–water partition coefficient (Wildman–Crippen LogP) is 2.08. The molecule has 0 unspecified atom stereocenters. The fourth-order valence-electron chi connectivity index (χ4n) is 3.04. The van der Waals surface area contributed by atoms with Gasteiger partial charge in [-0.1, -0.05) is 17.7 Å². The minimum atomic E-state index is -0.418. The minimum Gasteiger partial charge on any atom is -0.372 e. The molecule has 1 aliphatic rings. The number of pyridine rings is 1. The SMILES string of the molecule is Cc1ccc(C(=O)NNC(=O)c2ccc(N3C[C@H](C)O[C@@H](C)C3)nc2)cc1. The average molecular weight is 368 g/mol. The molecule has 2 N–H and O–H groups in total. The Hall–Kier alpha value is -2.93. The number of hydrogen-bond donors (Lipinski definition) is 2. The Labute approximate surface area is 158 Å². The average Bonchev–Trinajstić information content (AvgIpc) is 2.66. The lowest BCUT2D eigenvalue weighted by atomic mass is 10.1. The second kappa shape index (κ2) is 8.18. The molecule has 0 bridgehead atoms. The summed E-state index contributed by atoms with van der Waals surface area (Å²) in [7, 11) is 0. The van der Waals surface area contributed by atoms with E-state index in [4.69, 9.17) is 4.74 Å². The first-order chi connectivity index (χ1) is 12.9. The van der Waals surface area contributed by atoms with Crippen molar-refractivity contribution < 1.29 is 14.3 Å². The van der Waals surface area contributed by atoms with E-state index in [0.29, 0.717) is 11.1 Å². The van der Waals surface area contributed by atoms with Crippen molar-refractivity contribution in [1.82, 2.24) is 15.8 Å². The number of hydrazine groups is 1. The molecule has 2 amide bonds. The number of carbonyl (C=O) groups excluding carboxylic acids is 2. The van der Waals surface area contributed by atoms with E-state index >= 15 is 0 Å². The number of morpholine rings is 1. The number of aromatic nitrogens is 1. The Morgan fingerprint density at radius 3 is 2.07 bits per heavy atom. The number of anilines is 1. The first-order valence-electron chi connectivity index (χ1n) is 8.96. The van der Waals surface area contributed by atoms with Crippen LogP contribution in [0.15, 0.2) is 42.6 Å². The lowest BCUT2D eigenvalue weighted by Gasteiger charge is -2.36. The van der Waals surface area contributed by atoms with Gasteiger partial charge in [-0.25, -0.2) is 4.98 Å². The Morgan fingerprint density at radius 1 is 0.963 bits per heavy atom. The van der Waals surface area contributed by atoms with Crippen LogP contribution in [0.1, 0.15) is 40.1 Å². The molecule has 2 aromatic rings. The van der Waals surface area contributed by atoms with Crippen molar-refractivity contribution >= 4 is 17.6 Å². The van der Waals surface area contributed by atoms with Gasteiger partial charge in [0.05, 0.1) is 17.8 Å². The summed E-state index contributed by atoms with van der Waals surface area (Å²) in [6.45, 7) is 7.52. The number of amides is 2. The Bertz CT molecular complexity index is 795. The topological polar surface area (TPSA) is 83.6 Å². The zero-order valence-electron chi connectivity index (χ0n) is 15.7. The third kappa shape index (κ3) is 4.83. The maximum atomic E-state index is 12.2. The summed E-state index contributed by atoms with van der Waals surface area (Å²) >= 11 is 0. The molecular weight excluding hydrogens is 344 g/mol. The summed E-state index contributed by atoms with van der Waals surface area (Å²) in [5.74, 6) is 0.0136. The highest BCUT2D eigenvalue weighted by Crippen LogP contribution is 2.18. The van der Waals surface area contributed by atoms with Crippen LogP contribution >= 0.6 is 0 Å². The molecule has 142 valence electrons. The van der Waals surface area contributed by atoms with Crippen molar-refractivity contribution in [3.8, 4) is 0 Å². The van der Waals surface area contributed by atoms with Crippen LogP contribution in [0, 0.1) is 6.92 Å². The van der Waals surface area contributed by atoms with Gasteiger partial charge in [0.15, 0.2) is 0 Å². The van der Waals surface area contributed by atoms with Gasteiger partial charge in [0.25, 0.3) is 11.8 Å². The van der Waals surface area contributed by atoms with Crippen molar-refractivity contribution in [3.05, 3.63) is 59.3 Å². The van der Waals surface area contributed by atoms with Gasteiger partial charge in [-0.15, -0.1) is 0 Å². The molecule has 0 spiro atoms. The lowest BCUT2D eigenvalue weighted by molar-refractivity contribution is -0.00546. The lowest BCUT2D eigenvalue weighted by Crippen LogP contribution is -2.46. The van der Waals surface area contributed by atoms with Gasteiger partial charge in [0.2, 0.25) is 0 Å². The van der Waals surface area contributed by atoms with Gasteiger partial charge in [-0.3, -0.25) is 20.4 Å². The van der Waals surface area contributed by atoms with E-state index in [1.165, 1.54) is 6.20 Å². The maximum absolute atomic E-state index is 12.2. The molecule has 1 saturated heterocycles. The molecule has 7 heteroatoms. The van der Waals surface area contributed by atoms with E-state index in [1.807, 2.05) is 39.0 Å². The van der Waals surface area contributed by atoms with Gasteiger partial charge in [0.1, 0.15) is 5.82 Å². The number of aryl methyl sites for hydroxylation is 1. The van der Waals surface area contributed by atoms with E-state index in [9.17, 15) is 9.59 Å². The number of benzene rings is 1. The summed E-state index contributed by atoms with van der Waals surface area (Å²) in [5.41, 5.74) is 6.74. The number of ether oxygens (including phenoxy) is 1. The van der Waals surface area contributed by atoms with Crippen molar-refractivity contribution in [2.75, 3.05) is 18.0 Å². The van der Waals surface area contributed by atoms with Gasteiger partial charge >= 0.3 is 0 Å². The summed E-state index contributed by atoms with van der Waals surface area (Å²) in [6, 6.07) is 10.6. The van der Waals surface area contributed by atoms with Crippen LogP contribution in [0.4, 0.5) is 5.82 Å². The van der Waals surface area contributed by atoms with Crippen LogP contribution in [0.5, 0.6) is 0 Å². The largest absolute Gasteiger partial charge is 0.372 e. The van der Waals surface area contributed by atoms with Crippen molar-refractivity contribution in [3.63, 3.8) is 0 Å². The highest BCUT2D eigenvalue weighted by Gasteiger charge is 2.23. The van der Waals surface area contributed by atoms with Crippen molar-refractivity contribution in [1.29, 1.82) is 0 Å². The zero-order valence-corrected chi connectivity index (χ0v) is 15.7. The van der Waals surface area contributed by atoms with Crippen molar-refractivity contribution in [2.24, 2.45) is 0 Å². The van der Waals surface area contributed by atoms with E-state index in [0.717, 1.165) is 24.5 Å². The molecule has 2 atom stereocenters. The standard InChI is InChI=1S/C20H24N4O3/c1-13-4-6-16(7-5-13)19(25)22-23-20(26)17-8-9-18(21-10-17)24-11-14(2)27-15(3)12-24/h4-10,14-15H,11-12H2,1-3H3,(H,22,25)(H,23,26)/t14-,15-/m0/s1. The van der Waals surface area contributed by atoms with Gasteiger partial charge in [0, 0.05) is 24.8 Å². The first kappa shape index (κ1) is 18.8. The smallest absolute Gasteiger partial charge is 0.271 e. The van der Waals surface area contributed by atoms with E-state index in [-0.39, 0.29) is 18.1 Å². The predicted molar refractivity (Wildman–Crippen MR) is 103 cm³/mol. The van der Waals surface area contributed by atoms with Crippen LogP contribution in [-0.4, -0.2) is 42.1 Å². The minimum absolute atomic E-state index is 0.135. The number of nitrogens with zero attached hydrogens (tertiary/aromatic N) is 2. The van der Waals surface area contributed by atoms with Crippen LogP contribution in [0.2, 0.25) is 0 Å². The Morgan fingerprint density at radius 2 is 1.52 bits per heavy atom. The third-order valence-corrected chi connectivity index (χ3v) is 4.36. The highest BCUT2D eigenvalue weighted by atomic mass is 16.5. The molecule has 0 aliphatic carbocycles. The van der Waals surface area contributed by atoms with Gasteiger partial charge in [-0.2, -0.15) is 0 Å².